The Morgan fingerprint density at radius 1 is 1.38 bits per heavy atom. The van der Waals surface area contributed by atoms with Crippen molar-refractivity contribution in [3.63, 3.8) is 0 Å². The Balaban J connectivity index is 2.05. The monoisotopic (exact) mass is 306 g/mol. The highest BCUT2D eigenvalue weighted by molar-refractivity contribution is 7.99. The standard InChI is InChI=1S/C17H26N2OS/c1-4-9-18-16-8-5-12(2)10-15(16)17(20)19-13-6-7-14(11-13)21-3/h5,8,10,13-14,18H,4,6-7,9,11H2,1-3H3,(H,19,20). The number of carbonyl (C=O) groups is 1. The summed E-state index contributed by atoms with van der Waals surface area (Å²) >= 11 is 1.91. The van der Waals surface area contributed by atoms with Gasteiger partial charge in [0.15, 0.2) is 0 Å². The van der Waals surface area contributed by atoms with Gasteiger partial charge in [-0.15, -0.1) is 0 Å². The Bertz CT molecular complexity index is 490. The summed E-state index contributed by atoms with van der Waals surface area (Å²) in [6.45, 7) is 5.04. The number of anilines is 1. The zero-order chi connectivity index (χ0) is 15.2. The molecule has 4 heteroatoms. The summed E-state index contributed by atoms with van der Waals surface area (Å²) < 4.78 is 0. The van der Waals surface area contributed by atoms with E-state index in [1.54, 1.807) is 0 Å². The zero-order valence-corrected chi connectivity index (χ0v) is 14.1. The first-order valence-corrected chi connectivity index (χ1v) is 9.11. The number of hydrogen-bond donors (Lipinski definition) is 2. The maximum atomic E-state index is 12.6. The molecule has 1 aromatic rings. The molecule has 1 aliphatic carbocycles. The van der Waals surface area contributed by atoms with E-state index in [4.69, 9.17) is 0 Å². The lowest BCUT2D eigenvalue weighted by Crippen LogP contribution is -2.33. The van der Waals surface area contributed by atoms with Crippen molar-refractivity contribution in [1.29, 1.82) is 0 Å². The molecule has 0 radical (unpaired) electrons. The van der Waals surface area contributed by atoms with Crippen LogP contribution in [-0.2, 0) is 0 Å². The highest BCUT2D eigenvalue weighted by Gasteiger charge is 2.26. The molecule has 2 unspecified atom stereocenters. The summed E-state index contributed by atoms with van der Waals surface area (Å²) in [5.74, 6) is 0.0593. The lowest BCUT2D eigenvalue weighted by atomic mass is 10.1. The number of hydrogen-bond acceptors (Lipinski definition) is 3. The molecule has 2 rings (SSSR count). The minimum absolute atomic E-state index is 0.0593. The van der Waals surface area contributed by atoms with Gasteiger partial charge in [0.25, 0.3) is 5.91 Å². The van der Waals surface area contributed by atoms with Crippen molar-refractivity contribution in [2.45, 2.75) is 50.8 Å². The van der Waals surface area contributed by atoms with Crippen LogP contribution >= 0.6 is 11.8 Å². The summed E-state index contributed by atoms with van der Waals surface area (Å²) in [4.78, 5) is 12.6. The molecule has 0 heterocycles. The van der Waals surface area contributed by atoms with E-state index in [0.29, 0.717) is 11.3 Å². The normalized spacial score (nSPS) is 21.3. The Morgan fingerprint density at radius 2 is 2.19 bits per heavy atom. The van der Waals surface area contributed by atoms with Gasteiger partial charge in [0.2, 0.25) is 0 Å². The fourth-order valence-electron chi connectivity index (χ4n) is 2.81. The van der Waals surface area contributed by atoms with E-state index in [0.717, 1.165) is 42.6 Å². The maximum absolute atomic E-state index is 12.6. The quantitative estimate of drug-likeness (QED) is 0.839. The Kier molecular flexibility index (Phi) is 5.97. The van der Waals surface area contributed by atoms with Gasteiger partial charge in [-0.1, -0.05) is 18.6 Å². The molecule has 21 heavy (non-hydrogen) atoms. The van der Waals surface area contributed by atoms with E-state index in [9.17, 15) is 4.79 Å². The molecular formula is C17H26N2OS. The van der Waals surface area contributed by atoms with Gasteiger partial charge in [0.05, 0.1) is 5.56 Å². The first-order chi connectivity index (χ1) is 10.1. The Morgan fingerprint density at radius 3 is 2.86 bits per heavy atom. The summed E-state index contributed by atoms with van der Waals surface area (Å²) in [5.41, 5.74) is 2.84. The van der Waals surface area contributed by atoms with Crippen LogP contribution in [0.15, 0.2) is 18.2 Å². The topological polar surface area (TPSA) is 41.1 Å². The largest absolute Gasteiger partial charge is 0.384 e. The Hall–Kier alpha value is -1.16. The van der Waals surface area contributed by atoms with E-state index in [1.807, 2.05) is 36.9 Å². The molecule has 2 atom stereocenters. The zero-order valence-electron chi connectivity index (χ0n) is 13.2. The van der Waals surface area contributed by atoms with E-state index in [-0.39, 0.29) is 5.91 Å². The Labute approximate surface area is 132 Å². The van der Waals surface area contributed by atoms with Gasteiger partial charge in [0, 0.05) is 23.5 Å². The van der Waals surface area contributed by atoms with Crippen LogP contribution in [0.2, 0.25) is 0 Å². The van der Waals surface area contributed by atoms with Crippen LogP contribution in [0.1, 0.15) is 48.5 Å². The van der Waals surface area contributed by atoms with Gasteiger partial charge in [-0.05, 0) is 51.0 Å². The van der Waals surface area contributed by atoms with Crippen LogP contribution < -0.4 is 10.6 Å². The second-order valence-electron chi connectivity index (χ2n) is 5.82. The van der Waals surface area contributed by atoms with Crippen LogP contribution in [0.3, 0.4) is 0 Å². The van der Waals surface area contributed by atoms with Crippen molar-refractivity contribution >= 4 is 23.4 Å². The second-order valence-corrected chi connectivity index (χ2v) is 6.96. The second kappa shape index (κ2) is 7.74. The third kappa shape index (κ3) is 4.40. The van der Waals surface area contributed by atoms with E-state index in [1.165, 1.54) is 6.42 Å². The number of rotatable bonds is 6. The first-order valence-electron chi connectivity index (χ1n) is 7.82. The van der Waals surface area contributed by atoms with E-state index in [2.05, 4.69) is 23.8 Å². The van der Waals surface area contributed by atoms with Gasteiger partial charge < -0.3 is 10.6 Å². The summed E-state index contributed by atoms with van der Waals surface area (Å²) in [7, 11) is 0. The molecular weight excluding hydrogens is 280 g/mol. The summed E-state index contributed by atoms with van der Waals surface area (Å²) in [6, 6.07) is 6.37. The lowest BCUT2D eigenvalue weighted by Gasteiger charge is -2.16. The van der Waals surface area contributed by atoms with Gasteiger partial charge >= 0.3 is 0 Å². The molecule has 1 amide bonds. The van der Waals surface area contributed by atoms with Crippen LogP contribution in [-0.4, -0.2) is 30.0 Å². The molecule has 0 aromatic heterocycles. The van der Waals surface area contributed by atoms with Gasteiger partial charge in [0.1, 0.15) is 0 Å². The molecule has 3 nitrogen and oxygen atoms in total. The molecule has 0 spiro atoms. The van der Waals surface area contributed by atoms with E-state index < -0.39 is 0 Å². The van der Waals surface area contributed by atoms with Gasteiger partial charge in [-0.3, -0.25) is 4.79 Å². The predicted octanol–water partition coefficient (Wildman–Crippen LogP) is 3.83. The maximum Gasteiger partial charge on any atom is 0.253 e. The minimum atomic E-state index is 0.0593. The fourth-order valence-corrected chi connectivity index (χ4v) is 3.60. The number of carbonyl (C=O) groups excluding carboxylic acids is 1. The number of nitrogens with one attached hydrogen (secondary N) is 2. The molecule has 1 aromatic carbocycles. The van der Waals surface area contributed by atoms with Crippen LogP contribution in [0, 0.1) is 6.92 Å². The van der Waals surface area contributed by atoms with Crippen LogP contribution in [0.4, 0.5) is 5.69 Å². The van der Waals surface area contributed by atoms with Crippen molar-refractivity contribution in [3.05, 3.63) is 29.3 Å². The molecule has 0 bridgehead atoms. The van der Waals surface area contributed by atoms with Gasteiger partial charge in [-0.2, -0.15) is 11.8 Å². The SMILES string of the molecule is CCCNc1ccc(C)cc1C(=O)NC1CCC(SC)C1. The molecule has 0 aliphatic heterocycles. The molecule has 1 saturated carbocycles. The van der Waals surface area contributed by atoms with Crippen molar-refractivity contribution < 1.29 is 4.79 Å². The summed E-state index contributed by atoms with van der Waals surface area (Å²) in [6.07, 6.45) is 6.60. The smallest absolute Gasteiger partial charge is 0.253 e. The highest BCUT2D eigenvalue weighted by Crippen LogP contribution is 2.28. The minimum Gasteiger partial charge on any atom is -0.384 e. The third-order valence-corrected chi connectivity index (χ3v) is 5.13. The summed E-state index contributed by atoms with van der Waals surface area (Å²) in [5, 5.41) is 7.26. The van der Waals surface area contributed by atoms with Gasteiger partial charge in [-0.25, -0.2) is 0 Å². The third-order valence-electron chi connectivity index (χ3n) is 4.04. The predicted molar refractivity (Wildman–Crippen MR) is 92.4 cm³/mol. The van der Waals surface area contributed by atoms with E-state index >= 15 is 0 Å². The van der Waals surface area contributed by atoms with Crippen LogP contribution in [0.25, 0.3) is 0 Å². The lowest BCUT2D eigenvalue weighted by molar-refractivity contribution is 0.0938. The van der Waals surface area contributed by atoms with Crippen molar-refractivity contribution in [1.82, 2.24) is 5.32 Å². The average molecular weight is 306 g/mol. The highest BCUT2D eigenvalue weighted by atomic mass is 32.2. The first kappa shape index (κ1) is 16.2. The number of benzene rings is 1. The molecule has 2 N–H and O–H groups in total. The molecule has 1 aliphatic rings. The number of thioether (sulfide) groups is 1. The molecule has 116 valence electrons. The number of aryl methyl sites for hydroxylation is 1. The average Bonchev–Trinajstić information content (AvgIpc) is 2.93. The fraction of sp³-hybridized carbons (Fsp3) is 0.588. The molecule has 0 saturated heterocycles. The number of amides is 1. The van der Waals surface area contributed by atoms with Crippen molar-refractivity contribution in [3.8, 4) is 0 Å². The van der Waals surface area contributed by atoms with Crippen molar-refractivity contribution in [2.24, 2.45) is 0 Å². The van der Waals surface area contributed by atoms with Crippen molar-refractivity contribution in [2.75, 3.05) is 18.1 Å². The van der Waals surface area contributed by atoms with Crippen LogP contribution in [0.5, 0.6) is 0 Å². The molecule has 1 fully saturated rings.